The van der Waals surface area contributed by atoms with Crippen LogP contribution in [-0.2, 0) is 0 Å². The first kappa shape index (κ1) is 8.71. The lowest BCUT2D eigenvalue weighted by Crippen LogP contribution is -2.08. The average Bonchev–Trinajstić information content (AvgIpc) is 2.05. The van der Waals surface area contributed by atoms with Gasteiger partial charge in [-0.25, -0.2) is 0 Å². The maximum Gasteiger partial charge on any atom is 0.0859 e. The molecule has 1 aromatic rings. The van der Waals surface area contributed by atoms with E-state index in [1.807, 2.05) is 39.2 Å². The van der Waals surface area contributed by atoms with Gasteiger partial charge in [-0.2, -0.15) is 5.10 Å². The molecule has 1 heterocycles. The third-order valence-electron chi connectivity index (χ3n) is 1.39. The second kappa shape index (κ2) is 3.85. The van der Waals surface area contributed by atoms with Crippen LogP contribution in [-0.4, -0.2) is 29.8 Å². The summed E-state index contributed by atoms with van der Waals surface area (Å²) < 4.78 is 0. The molecule has 0 spiro atoms. The van der Waals surface area contributed by atoms with E-state index >= 15 is 0 Å². The van der Waals surface area contributed by atoms with Crippen molar-refractivity contribution >= 4 is 5.71 Å². The molecule has 1 rings (SSSR count). The van der Waals surface area contributed by atoms with E-state index in [1.54, 1.807) is 11.2 Å². The molecular formula is C9H13N3. The van der Waals surface area contributed by atoms with E-state index in [0.29, 0.717) is 0 Å². The standard InChI is InChI=1S/C9H13N3/c1-8(11-12(2)3)9-6-4-5-7-10-9/h4-7H,1-3H3/b11-8+. The van der Waals surface area contributed by atoms with Crippen molar-refractivity contribution < 1.29 is 0 Å². The second-order valence-electron chi connectivity index (χ2n) is 2.75. The van der Waals surface area contributed by atoms with Crippen molar-refractivity contribution in [2.24, 2.45) is 5.10 Å². The lowest BCUT2D eigenvalue weighted by atomic mass is 10.3. The molecular weight excluding hydrogens is 150 g/mol. The largest absolute Gasteiger partial charge is 0.303 e. The normalized spacial score (nSPS) is 11.4. The Morgan fingerprint density at radius 1 is 1.42 bits per heavy atom. The Hall–Kier alpha value is -1.38. The molecule has 0 N–H and O–H groups in total. The van der Waals surface area contributed by atoms with Gasteiger partial charge >= 0.3 is 0 Å². The first-order chi connectivity index (χ1) is 5.70. The third kappa shape index (κ3) is 2.34. The minimum atomic E-state index is 0.922. The van der Waals surface area contributed by atoms with Crippen LogP contribution in [0.5, 0.6) is 0 Å². The SMILES string of the molecule is C/C(=N\N(C)C)c1ccccn1. The summed E-state index contributed by atoms with van der Waals surface area (Å²) in [6.45, 7) is 1.95. The van der Waals surface area contributed by atoms with Crippen LogP contribution in [0.1, 0.15) is 12.6 Å². The van der Waals surface area contributed by atoms with E-state index in [9.17, 15) is 0 Å². The summed E-state index contributed by atoms with van der Waals surface area (Å²) in [5, 5.41) is 6.00. The van der Waals surface area contributed by atoms with Gasteiger partial charge in [0.15, 0.2) is 0 Å². The number of rotatable bonds is 2. The molecule has 0 aliphatic heterocycles. The fourth-order valence-corrected chi connectivity index (χ4v) is 0.928. The first-order valence-corrected chi connectivity index (χ1v) is 3.84. The Morgan fingerprint density at radius 2 is 2.17 bits per heavy atom. The van der Waals surface area contributed by atoms with Crippen LogP contribution in [0, 0.1) is 0 Å². The Balaban J connectivity index is 2.85. The molecule has 3 nitrogen and oxygen atoms in total. The summed E-state index contributed by atoms with van der Waals surface area (Å²) in [7, 11) is 3.79. The highest BCUT2D eigenvalue weighted by molar-refractivity contribution is 5.96. The highest BCUT2D eigenvalue weighted by Gasteiger charge is 1.96. The van der Waals surface area contributed by atoms with Crippen LogP contribution in [0.4, 0.5) is 0 Å². The predicted molar refractivity (Wildman–Crippen MR) is 50.1 cm³/mol. The number of pyridine rings is 1. The van der Waals surface area contributed by atoms with Gasteiger partial charge in [0.05, 0.1) is 11.4 Å². The van der Waals surface area contributed by atoms with Crippen LogP contribution < -0.4 is 0 Å². The van der Waals surface area contributed by atoms with Gasteiger partial charge in [-0.05, 0) is 19.1 Å². The molecule has 0 aliphatic rings. The molecule has 0 aromatic carbocycles. The van der Waals surface area contributed by atoms with Gasteiger partial charge in [0.25, 0.3) is 0 Å². The van der Waals surface area contributed by atoms with Gasteiger partial charge < -0.3 is 5.01 Å². The molecule has 3 heteroatoms. The Bertz CT molecular complexity index is 264. The van der Waals surface area contributed by atoms with Gasteiger partial charge in [-0.1, -0.05) is 6.07 Å². The molecule has 12 heavy (non-hydrogen) atoms. The third-order valence-corrected chi connectivity index (χ3v) is 1.39. The average molecular weight is 163 g/mol. The second-order valence-corrected chi connectivity index (χ2v) is 2.75. The monoisotopic (exact) mass is 163 g/mol. The van der Waals surface area contributed by atoms with Gasteiger partial charge in [0, 0.05) is 20.3 Å². The summed E-state index contributed by atoms with van der Waals surface area (Å²) in [6.07, 6.45) is 1.77. The topological polar surface area (TPSA) is 28.5 Å². The van der Waals surface area contributed by atoms with Gasteiger partial charge in [-0.15, -0.1) is 0 Å². The van der Waals surface area contributed by atoms with E-state index in [1.165, 1.54) is 0 Å². The molecule has 0 aliphatic carbocycles. The molecule has 0 radical (unpaired) electrons. The van der Waals surface area contributed by atoms with Crippen molar-refractivity contribution in [3.63, 3.8) is 0 Å². The van der Waals surface area contributed by atoms with Crippen LogP contribution in [0.15, 0.2) is 29.5 Å². The fraction of sp³-hybridized carbons (Fsp3) is 0.333. The zero-order valence-electron chi connectivity index (χ0n) is 7.65. The van der Waals surface area contributed by atoms with Crippen LogP contribution in [0.25, 0.3) is 0 Å². The van der Waals surface area contributed by atoms with Crippen molar-refractivity contribution in [2.45, 2.75) is 6.92 Å². The molecule has 0 unspecified atom stereocenters. The van der Waals surface area contributed by atoms with Crippen molar-refractivity contribution in [2.75, 3.05) is 14.1 Å². The van der Waals surface area contributed by atoms with Gasteiger partial charge in [-0.3, -0.25) is 4.98 Å². The van der Waals surface area contributed by atoms with Crippen LogP contribution in [0.3, 0.4) is 0 Å². The smallest absolute Gasteiger partial charge is 0.0859 e. The Kier molecular flexibility index (Phi) is 2.80. The Morgan fingerprint density at radius 3 is 2.67 bits per heavy atom. The summed E-state index contributed by atoms with van der Waals surface area (Å²) in [4.78, 5) is 4.17. The van der Waals surface area contributed by atoms with Crippen molar-refractivity contribution in [3.05, 3.63) is 30.1 Å². The number of hydrogen-bond acceptors (Lipinski definition) is 3. The van der Waals surface area contributed by atoms with E-state index in [0.717, 1.165) is 11.4 Å². The first-order valence-electron chi connectivity index (χ1n) is 3.84. The summed E-state index contributed by atoms with van der Waals surface area (Å²) in [5.74, 6) is 0. The van der Waals surface area contributed by atoms with Crippen molar-refractivity contribution in [1.29, 1.82) is 0 Å². The lowest BCUT2D eigenvalue weighted by Gasteiger charge is -2.05. The highest BCUT2D eigenvalue weighted by atomic mass is 15.4. The molecule has 64 valence electrons. The molecule has 0 saturated heterocycles. The van der Waals surface area contributed by atoms with E-state index in [2.05, 4.69) is 10.1 Å². The van der Waals surface area contributed by atoms with Crippen LogP contribution >= 0.6 is 0 Å². The zero-order valence-corrected chi connectivity index (χ0v) is 7.65. The molecule has 0 amide bonds. The quantitative estimate of drug-likeness (QED) is 0.486. The summed E-state index contributed by atoms with van der Waals surface area (Å²) >= 11 is 0. The molecule has 0 fully saturated rings. The molecule has 0 saturated carbocycles. The minimum Gasteiger partial charge on any atom is -0.303 e. The van der Waals surface area contributed by atoms with Crippen molar-refractivity contribution in [3.8, 4) is 0 Å². The molecule has 0 atom stereocenters. The number of aromatic nitrogens is 1. The zero-order chi connectivity index (χ0) is 8.97. The lowest BCUT2D eigenvalue weighted by molar-refractivity contribution is 0.437. The highest BCUT2D eigenvalue weighted by Crippen LogP contribution is 1.96. The van der Waals surface area contributed by atoms with Gasteiger partial charge in [0.1, 0.15) is 0 Å². The minimum absolute atomic E-state index is 0.922. The molecule has 1 aromatic heterocycles. The van der Waals surface area contributed by atoms with E-state index in [-0.39, 0.29) is 0 Å². The predicted octanol–water partition coefficient (Wildman–Crippen LogP) is 1.37. The number of nitrogens with zero attached hydrogens (tertiary/aromatic N) is 3. The maximum absolute atomic E-state index is 4.24. The van der Waals surface area contributed by atoms with Gasteiger partial charge in [0.2, 0.25) is 0 Å². The number of hydrazone groups is 1. The number of hydrogen-bond donors (Lipinski definition) is 0. The summed E-state index contributed by atoms with van der Waals surface area (Å²) in [5.41, 5.74) is 1.85. The van der Waals surface area contributed by atoms with Crippen LogP contribution in [0.2, 0.25) is 0 Å². The van der Waals surface area contributed by atoms with E-state index < -0.39 is 0 Å². The van der Waals surface area contributed by atoms with Crippen molar-refractivity contribution in [1.82, 2.24) is 9.99 Å². The maximum atomic E-state index is 4.24. The van der Waals surface area contributed by atoms with E-state index in [4.69, 9.17) is 0 Å². The summed E-state index contributed by atoms with van der Waals surface area (Å²) in [6, 6.07) is 5.80. The molecule has 0 bridgehead atoms. The Labute approximate surface area is 72.7 Å². The fourth-order valence-electron chi connectivity index (χ4n) is 0.928.